The Kier molecular flexibility index (Phi) is 4.43. The van der Waals surface area contributed by atoms with Crippen molar-refractivity contribution in [1.29, 1.82) is 0 Å². The van der Waals surface area contributed by atoms with E-state index in [1.807, 2.05) is 0 Å². The van der Waals surface area contributed by atoms with Crippen molar-refractivity contribution >= 4 is 5.91 Å². The molecule has 0 bridgehead atoms. The molecule has 1 saturated heterocycles. The first-order chi connectivity index (χ1) is 6.65. The molecule has 1 aliphatic heterocycles. The summed E-state index contributed by atoms with van der Waals surface area (Å²) in [6.45, 7) is 8.54. The van der Waals surface area contributed by atoms with Gasteiger partial charge in [-0.2, -0.15) is 0 Å². The van der Waals surface area contributed by atoms with Crippen LogP contribution in [0.2, 0.25) is 0 Å². The molecule has 82 valence electrons. The van der Waals surface area contributed by atoms with Crippen LogP contribution in [0.3, 0.4) is 0 Å². The molecule has 0 aromatic carbocycles. The summed E-state index contributed by atoms with van der Waals surface area (Å²) < 4.78 is 0. The van der Waals surface area contributed by atoms with E-state index in [-0.39, 0.29) is 0 Å². The van der Waals surface area contributed by atoms with E-state index in [4.69, 9.17) is 0 Å². The zero-order chi connectivity index (χ0) is 10.6. The molecule has 1 amide bonds. The van der Waals surface area contributed by atoms with Crippen molar-refractivity contribution in [3.8, 4) is 0 Å². The van der Waals surface area contributed by atoms with Gasteiger partial charge in [-0.05, 0) is 25.2 Å². The van der Waals surface area contributed by atoms with Crippen LogP contribution in [0.15, 0.2) is 0 Å². The Morgan fingerprint density at radius 1 is 1.50 bits per heavy atom. The summed E-state index contributed by atoms with van der Waals surface area (Å²) in [5, 5.41) is 0. The van der Waals surface area contributed by atoms with Crippen LogP contribution < -0.4 is 0 Å². The summed E-state index contributed by atoms with van der Waals surface area (Å²) in [5.41, 5.74) is 0. The number of hydrogen-bond donors (Lipinski definition) is 0. The fraction of sp³-hybridized carbons (Fsp3) is 0.917. The SMILES string of the molecule is CCCCN1CCC(CC(C)C)C1=O. The predicted molar refractivity (Wildman–Crippen MR) is 59.1 cm³/mol. The minimum absolute atomic E-state index is 0.326. The van der Waals surface area contributed by atoms with Crippen molar-refractivity contribution < 1.29 is 4.79 Å². The highest BCUT2D eigenvalue weighted by Gasteiger charge is 2.30. The molecule has 0 radical (unpaired) electrons. The maximum atomic E-state index is 11.9. The molecule has 1 atom stereocenters. The number of unbranched alkanes of at least 4 members (excludes halogenated alkanes) is 1. The van der Waals surface area contributed by atoms with Crippen molar-refractivity contribution in [2.45, 2.75) is 46.5 Å². The molecule has 2 heteroatoms. The van der Waals surface area contributed by atoms with Gasteiger partial charge in [-0.3, -0.25) is 4.79 Å². The normalized spacial score (nSPS) is 22.4. The summed E-state index contributed by atoms with van der Waals surface area (Å²) in [6, 6.07) is 0. The number of carbonyl (C=O) groups excluding carboxylic acids is 1. The second-order valence-electron chi connectivity index (χ2n) is 4.79. The highest BCUT2D eigenvalue weighted by atomic mass is 16.2. The topological polar surface area (TPSA) is 20.3 Å². The van der Waals surface area contributed by atoms with Crippen LogP contribution >= 0.6 is 0 Å². The van der Waals surface area contributed by atoms with Gasteiger partial charge in [0.1, 0.15) is 0 Å². The number of carbonyl (C=O) groups is 1. The van der Waals surface area contributed by atoms with E-state index in [2.05, 4.69) is 25.7 Å². The summed E-state index contributed by atoms with van der Waals surface area (Å²) in [7, 11) is 0. The maximum Gasteiger partial charge on any atom is 0.225 e. The standard InChI is InChI=1S/C12H23NO/c1-4-5-7-13-8-6-11(12(13)14)9-10(2)3/h10-11H,4-9H2,1-3H3. The molecule has 1 unspecified atom stereocenters. The van der Waals surface area contributed by atoms with Crippen LogP contribution in [0.5, 0.6) is 0 Å². The minimum atomic E-state index is 0.326. The van der Waals surface area contributed by atoms with Gasteiger partial charge in [0, 0.05) is 19.0 Å². The van der Waals surface area contributed by atoms with Crippen LogP contribution in [0.25, 0.3) is 0 Å². The number of hydrogen-bond acceptors (Lipinski definition) is 1. The average molecular weight is 197 g/mol. The van der Waals surface area contributed by atoms with E-state index >= 15 is 0 Å². The van der Waals surface area contributed by atoms with Crippen molar-refractivity contribution in [3.05, 3.63) is 0 Å². The van der Waals surface area contributed by atoms with Crippen LogP contribution in [0, 0.1) is 11.8 Å². The number of rotatable bonds is 5. The van der Waals surface area contributed by atoms with Crippen LogP contribution in [-0.4, -0.2) is 23.9 Å². The highest BCUT2D eigenvalue weighted by Crippen LogP contribution is 2.24. The van der Waals surface area contributed by atoms with Gasteiger partial charge in [0.15, 0.2) is 0 Å². The van der Waals surface area contributed by atoms with Gasteiger partial charge in [-0.15, -0.1) is 0 Å². The lowest BCUT2D eigenvalue weighted by Crippen LogP contribution is -2.28. The van der Waals surface area contributed by atoms with Crippen molar-refractivity contribution in [2.24, 2.45) is 11.8 Å². The van der Waals surface area contributed by atoms with Crippen molar-refractivity contribution in [3.63, 3.8) is 0 Å². The largest absolute Gasteiger partial charge is 0.342 e. The van der Waals surface area contributed by atoms with E-state index in [0.717, 1.165) is 32.4 Å². The molecule has 0 spiro atoms. The van der Waals surface area contributed by atoms with Gasteiger partial charge in [0.05, 0.1) is 0 Å². The second-order valence-corrected chi connectivity index (χ2v) is 4.79. The monoisotopic (exact) mass is 197 g/mol. The molecular formula is C12H23NO. The molecule has 2 nitrogen and oxygen atoms in total. The Labute approximate surface area is 87.7 Å². The summed E-state index contributed by atoms with van der Waals surface area (Å²) in [4.78, 5) is 13.9. The Balaban J connectivity index is 2.35. The Bertz CT molecular complexity index is 189. The lowest BCUT2D eigenvalue weighted by molar-refractivity contribution is -0.131. The maximum absolute atomic E-state index is 11.9. The molecule has 0 aromatic heterocycles. The lowest BCUT2D eigenvalue weighted by atomic mass is 9.96. The number of nitrogens with zero attached hydrogens (tertiary/aromatic N) is 1. The summed E-state index contributed by atoms with van der Waals surface area (Å²) in [5.74, 6) is 1.38. The average Bonchev–Trinajstić information content (AvgIpc) is 2.45. The highest BCUT2D eigenvalue weighted by molar-refractivity contribution is 5.80. The first-order valence-corrected chi connectivity index (χ1v) is 5.94. The molecule has 1 aliphatic rings. The molecule has 1 heterocycles. The molecule has 14 heavy (non-hydrogen) atoms. The van der Waals surface area contributed by atoms with E-state index in [1.54, 1.807) is 0 Å². The molecular weight excluding hydrogens is 174 g/mol. The van der Waals surface area contributed by atoms with E-state index in [9.17, 15) is 4.79 Å². The molecule has 0 saturated carbocycles. The van der Waals surface area contributed by atoms with Crippen LogP contribution in [0.1, 0.15) is 46.5 Å². The zero-order valence-corrected chi connectivity index (χ0v) is 9.75. The van der Waals surface area contributed by atoms with E-state index < -0.39 is 0 Å². The van der Waals surface area contributed by atoms with E-state index in [1.165, 1.54) is 6.42 Å². The predicted octanol–water partition coefficient (Wildman–Crippen LogP) is 2.68. The first kappa shape index (κ1) is 11.5. The fourth-order valence-electron chi connectivity index (χ4n) is 2.16. The number of likely N-dealkylation sites (tertiary alicyclic amines) is 1. The Hall–Kier alpha value is -0.530. The Morgan fingerprint density at radius 3 is 2.79 bits per heavy atom. The lowest BCUT2D eigenvalue weighted by Gasteiger charge is -2.16. The molecule has 0 N–H and O–H groups in total. The van der Waals surface area contributed by atoms with Crippen molar-refractivity contribution in [1.82, 2.24) is 4.90 Å². The molecule has 0 aromatic rings. The minimum Gasteiger partial charge on any atom is -0.342 e. The third-order valence-corrected chi connectivity index (χ3v) is 2.95. The van der Waals surface area contributed by atoms with Gasteiger partial charge >= 0.3 is 0 Å². The van der Waals surface area contributed by atoms with Gasteiger partial charge in [-0.25, -0.2) is 0 Å². The van der Waals surface area contributed by atoms with Gasteiger partial charge in [0.2, 0.25) is 5.91 Å². The fourth-order valence-corrected chi connectivity index (χ4v) is 2.16. The third kappa shape index (κ3) is 3.00. The van der Waals surface area contributed by atoms with Crippen molar-refractivity contribution in [2.75, 3.05) is 13.1 Å². The number of amides is 1. The Morgan fingerprint density at radius 2 is 2.21 bits per heavy atom. The first-order valence-electron chi connectivity index (χ1n) is 5.94. The molecule has 0 aliphatic carbocycles. The van der Waals surface area contributed by atoms with Gasteiger partial charge < -0.3 is 4.90 Å². The summed E-state index contributed by atoms with van der Waals surface area (Å²) in [6.07, 6.45) is 4.49. The molecule has 1 rings (SSSR count). The molecule has 1 fully saturated rings. The van der Waals surface area contributed by atoms with Gasteiger partial charge in [-0.1, -0.05) is 27.2 Å². The third-order valence-electron chi connectivity index (χ3n) is 2.95. The van der Waals surface area contributed by atoms with Gasteiger partial charge in [0.25, 0.3) is 0 Å². The van der Waals surface area contributed by atoms with Crippen LogP contribution in [0.4, 0.5) is 0 Å². The zero-order valence-electron chi connectivity index (χ0n) is 9.75. The van der Waals surface area contributed by atoms with E-state index in [0.29, 0.717) is 17.7 Å². The smallest absolute Gasteiger partial charge is 0.225 e. The van der Waals surface area contributed by atoms with Crippen LogP contribution in [-0.2, 0) is 4.79 Å². The quantitative estimate of drug-likeness (QED) is 0.663. The second kappa shape index (κ2) is 5.38. The summed E-state index contributed by atoms with van der Waals surface area (Å²) >= 11 is 0.